The highest BCUT2D eigenvalue weighted by atomic mass is 127. The molecular formula is C28H28IN5O2. The number of piperazine rings is 1. The van der Waals surface area contributed by atoms with Crippen molar-refractivity contribution >= 4 is 45.2 Å². The summed E-state index contributed by atoms with van der Waals surface area (Å²) in [4.78, 5) is 27.0. The molecule has 184 valence electrons. The molecule has 2 atom stereocenters. The first-order valence-electron chi connectivity index (χ1n) is 12.4. The minimum Gasteiger partial charge on any atom is -0.449 e. The minimum absolute atomic E-state index is 0.193. The maximum atomic E-state index is 13.2. The number of halogens is 1. The van der Waals surface area contributed by atoms with Gasteiger partial charge in [0, 0.05) is 66.5 Å². The van der Waals surface area contributed by atoms with E-state index < -0.39 is 5.54 Å². The zero-order valence-electron chi connectivity index (χ0n) is 19.9. The van der Waals surface area contributed by atoms with E-state index in [1.54, 1.807) is 6.20 Å². The lowest BCUT2D eigenvalue weighted by molar-refractivity contribution is 0.0904. The highest BCUT2D eigenvalue weighted by molar-refractivity contribution is 14.1. The number of hydrogen-bond acceptors (Lipinski definition) is 6. The van der Waals surface area contributed by atoms with Gasteiger partial charge in [-0.05, 0) is 42.8 Å². The van der Waals surface area contributed by atoms with Crippen molar-refractivity contribution in [2.24, 2.45) is 0 Å². The molecule has 1 saturated heterocycles. The number of furan rings is 1. The molecule has 36 heavy (non-hydrogen) atoms. The van der Waals surface area contributed by atoms with Gasteiger partial charge in [-0.2, -0.15) is 0 Å². The van der Waals surface area contributed by atoms with Crippen molar-refractivity contribution in [3.05, 3.63) is 90.2 Å². The van der Waals surface area contributed by atoms with E-state index in [0.29, 0.717) is 9.68 Å². The molecule has 4 aromatic rings. The molecule has 2 unspecified atom stereocenters. The number of fused-ring (bicyclic) bond motifs is 1. The molecule has 1 aliphatic heterocycles. The summed E-state index contributed by atoms with van der Waals surface area (Å²) in [6, 6.07) is 19.9. The normalized spacial score (nSPS) is 22.0. The lowest BCUT2D eigenvalue weighted by Gasteiger charge is -2.36. The lowest BCUT2D eigenvalue weighted by atomic mass is 10.1. The molecule has 0 radical (unpaired) electrons. The van der Waals surface area contributed by atoms with Crippen LogP contribution in [0, 0.1) is 0 Å². The van der Waals surface area contributed by atoms with Crippen LogP contribution in [0.3, 0.4) is 0 Å². The van der Waals surface area contributed by atoms with Gasteiger partial charge in [-0.1, -0.05) is 46.9 Å². The molecule has 8 heteroatoms. The maximum absolute atomic E-state index is 13.2. The van der Waals surface area contributed by atoms with Gasteiger partial charge in [0.2, 0.25) is 0 Å². The zero-order chi connectivity index (χ0) is 24.5. The number of amides is 1. The van der Waals surface area contributed by atoms with Gasteiger partial charge < -0.3 is 14.6 Å². The van der Waals surface area contributed by atoms with Crippen molar-refractivity contribution in [2.75, 3.05) is 37.6 Å². The van der Waals surface area contributed by atoms with Crippen LogP contribution in [0.5, 0.6) is 0 Å². The molecule has 3 aromatic heterocycles. The second-order valence-corrected chi connectivity index (χ2v) is 11.0. The molecule has 1 saturated carbocycles. The van der Waals surface area contributed by atoms with Crippen molar-refractivity contribution in [3.8, 4) is 0 Å². The Morgan fingerprint density at radius 3 is 2.50 bits per heavy atom. The van der Waals surface area contributed by atoms with Gasteiger partial charge in [-0.15, -0.1) is 0 Å². The third-order valence-corrected chi connectivity index (χ3v) is 8.71. The first-order valence-corrected chi connectivity index (χ1v) is 13.6. The van der Waals surface area contributed by atoms with Crippen LogP contribution in [0.25, 0.3) is 11.0 Å². The SMILES string of the molecule is O=C(NC1(c2ccccn2)CC1I)c1cc2cccc(N3CCN(CCc4ccccn4)CC3)c2o1. The smallest absolute Gasteiger partial charge is 0.287 e. The van der Waals surface area contributed by atoms with Gasteiger partial charge in [0.15, 0.2) is 11.3 Å². The Bertz CT molecular complexity index is 1350. The quantitative estimate of drug-likeness (QED) is 0.253. The summed E-state index contributed by atoms with van der Waals surface area (Å²) in [5.74, 6) is 0.151. The maximum Gasteiger partial charge on any atom is 0.287 e. The van der Waals surface area contributed by atoms with Crippen LogP contribution in [-0.2, 0) is 12.0 Å². The Balaban J connectivity index is 1.14. The first kappa shape index (κ1) is 23.4. The van der Waals surface area contributed by atoms with E-state index in [4.69, 9.17) is 4.42 Å². The number of anilines is 1. The fourth-order valence-electron chi connectivity index (χ4n) is 5.01. The molecule has 0 spiro atoms. The highest BCUT2D eigenvalue weighted by Crippen LogP contribution is 2.50. The van der Waals surface area contributed by atoms with Crippen LogP contribution >= 0.6 is 22.6 Å². The fourth-order valence-corrected chi connectivity index (χ4v) is 6.18. The second-order valence-electron chi connectivity index (χ2n) is 9.52. The molecular weight excluding hydrogens is 565 g/mol. The van der Waals surface area contributed by atoms with Crippen LogP contribution in [0.4, 0.5) is 5.69 Å². The van der Waals surface area contributed by atoms with E-state index in [1.807, 2.05) is 54.7 Å². The van der Waals surface area contributed by atoms with E-state index in [2.05, 4.69) is 59.8 Å². The Morgan fingerprint density at radius 1 is 1.03 bits per heavy atom. The van der Waals surface area contributed by atoms with E-state index in [9.17, 15) is 4.79 Å². The summed E-state index contributed by atoms with van der Waals surface area (Å²) in [5.41, 5.74) is 3.44. The largest absolute Gasteiger partial charge is 0.449 e. The van der Waals surface area contributed by atoms with Gasteiger partial charge >= 0.3 is 0 Å². The standard InChI is InChI=1S/C28H28IN5O2/c29-24-19-28(24,25-9-2-4-12-31-25)32-27(35)23-18-20-6-5-8-22(26(20)36-23)34-16-14-33(15-17-34)13-10-21-7-1-3-11-30-21/h1-9,11-12,18,24H,10,13-17,19H2,(H,32,35). The Hall–Kier alpha value is -2.98. The van der Waals surface area contributed by atoms with E-state index in [0.717, 1.165) is 73.6 Å². The molecule has 4 heterocycles. The predicted octanol–water partition coefficient (Wildman–Crippen LogP) is 4.42. The number of pyridine rings is 2. The van der Waals surface area contributed by atoms with Crippen molar-refractivity contribution in [2.45, 2.75) is 22.3 Å². The Kier molecular flexibility index (Phi) is 6.39. The number of nitrogens with one attached hydrogen (secondary N) is 1. The number of carbonyl (C=O) groups is 1. The fraction of sp³-hybridized carbons (Fsp3) is 0.321. The molecule has 7 nitrogen and oxygen atoms in total. The van der Waals surface area contributed by atoms with E-state index in [-0.39, 0.29) is 5.91 Å². The summed E-state index contributed by atoms with van der Waals surface area (Å²) in [7, 11) is 0. The number of hydrogen-bond donors (Lipinski definition) is 1. The van der Waals surface area contributed by atoms with Gasteiger partial charge in [-0.25, -0.2) is 0 Å². The minimum atomic E-state index is -0.424. The molecule has 0 bridgehead atoms. The molecule has 2 aliphatic rings. The summed E-state index contributed by atoms with van der Waals surface area (Å²) in [6.45, 7) is 4.82. The number of carbonyl (C=O) groups excluding carboxylic acids is 1. The van der Waals surface area contributed by atoms with Crippen molar-refractivity contribution in [1.82, 2.24) is 20.2 Å². The van der Waals surface area contributed by atoms with Crippen LogP contribution in [0.15, 0.2) is 77.5 Å². The summed E-state index contributed by atoms with van der Waals surface area (Å²) < 4.78 is 6.50. The number of nitrogens with zero attached hydrogens (tertiary/aromatic N) is 4. The number of aromatic nitrogens is 2. The number of para-hydroxylation sites is 1. The lowest BCUT2D eigenvalue weighted by Crippen LogP contribution is -2.47. The van der Waals surface area contributed by atoms with E-state index >= 15 is 0 Å². The second kappa shape index (κ2) is 9.82. The average Bonchev–Trinajstić information content (AvgIpc) is 3.36. The number of alkyl halides is 1. The molecule has 6 rings (SSSR count). The molecule has 1 amide bonds. The molecule has 1 aliphatic carbocycles. The summed E-state index contributed by atoms with van der Waals surface area (Å²) in [6.07, 6.45) is 5.46. The van der Waals surface area contributed by atoms with Gasteiger partial charge in [0.1, 0.15) is 0 Å². The third-order valence-electron chi connectivity index (χ3n) is 7.20. The molecule has 1 aromatic carbocycles. The molecule has 2 fully saturated rings. The Morgan fingerprint density at radius 2 is 1.81 bits per heavy atom. The first-order chi connectivity index (χ1) is 17.6. The third kappa shape index (κ3) is 4.59. The van der Waals surface area contributed by atoms with Gasteiger partial charge in [0.25, 0.3) is 5.91 Å². The number of rotatable bonds is 7. The average molecular weight is 593 g/mol. The van der Waals surface area contributed by atoms with Crippen molar-refractivity contribution in [1.29, 1.82) is 0 Å². The summed E-state index contributed by atoms with van der Waals surface area (Å²) >= 11 is 2.39. The predicted molar refractivity (Wildman–Crippen MR) is 149 cm³/mol. The van der Waals surface area contributed by atoms with Crippen molar-refractivity contribution < 1.29 is 9.21 Å². The van der Waals surface area contributed by atoms with Crippen LogP contribution in [-0.4, -0.2) is 57.4 Å². The number of benzene rings is 1. The zero-order valence-corrected chi connectivity index (χ0v) is 22.1. The Labute approximate surface area is 224 Å². The van der Waals surface area contributed by atoms with E-state index in [1.165, 1.54) is 0 Å². The van der Waals surface area contributed by atoms with Crippen LogP contribution in [0.2, 0.25) is 0 Å². The topological polar surface area (TPSA) is 74.5 Å². The molecule has 1 N–H and O–H groups in total. The summed E-state index contributed by atoms with van der Waals surface area (Å²) in [5, 5.41) is 4.16. The van der Waals surface area contributed by atoms with Gasteiger partial charge in [-0.3, -0.25) is 19.7 Å². The highest BCUT2D eigenvalue weighted by Gasteiger charge is 2.56. The van der Waals surface area contributed by atoms with Crippen molar-refractivity contribution in [3.63, 3.8) is 0 Å². The monoisotopic (exact) mass is 593 g/mol. The van der Waals surface area contributed by atoms with Crippen LogP contribution < -0.4 is 10.2 Å². The van der Waals surface area contributed by atoms with Crippen LogP contribution in [0.1, 0.15) is 28.4 Å². The van der Waals surface area contributed by atoms with Gasteiger partial charge in [0.05, 0.1) is 16.9 Å².